The first-order valence-electron chi connectivity index (χ1n) is 12.2. The average molecular weight is 652 g/mol. The monoisotopic (exact) mass is 651 g/mol. The van der Waals surface area contributed by atoms with Crippen molar-refractivity contribution in [3.63, 3.8) is 0 Å². The number of aryl methyl sites for hydroxylation is 1. The lowest BCUT2D eigenvalue weighted by Gasteiger charge is -2.31. The quantitative estimate of drug-likeness (QED) is 0.312. The molecule has 19 heteroatoms. The Bertz CT molecular complexity index is 1740. The summed E-state index contributed by atoms with van der Waals surface area (Å²) in [4.78, 5) is 21.0. The predicted molar refractivity (Wildman–Crippen MR) is 143 cm³/mol. The zero-order chi connectivity index (χ0) is 31.9. The number of rotatable bonds is 4. The zero-order valence-electron chi connectivity index (χ0n) is 22.3. The average Bonchev–Trinajstić information content (AvgIpc) is 3.50. The Morgan fingerprint density at radius 2 is 1.60 bits per heavy atom. The number of sulfonamides is 1. The second kappa shape index (κ2) is 11.7. The number of likely N-dealkylation sites (N-methyl/N-ethyl adjacent to an activating group) is 1. The van der Waals surface area contributed by atoms with E-state index in [1.165, 1.54) is 4.31 Å². The number of fused-ring (bicyclic) bond motifs is 1. The van der Waals surface area contributed by atoms with Gasteiger partial charge in [-0.15, -0.1) is 0 Å². The van der Waals surface area contributed by atoms with E-state index in [4.69, 9.17) is 10.8 Å². The number of aromatic nitrogens is 4. The molecule has 11 nitrogen and oxygen atoms in total. The number of nitrogen functional groups attached to an aromatic ring is 1. The second-order valence-corrected chi connectivity index (χ2v) is 12.5. The number of nitrogens with zero attached hydrogens (tertiary/aromatic N) is 6. The number of carboxylic acids is 1. The van der Waals surface area contributed by atoms with Gasteiger partial charge < -0.3 is 15.7 Å². The number of thiazole rings is 1. The molecule has 0 amide bonds. The Labute approximate surface area is 244 Å². The van der Waals surface area contributed by atoms with Crippen LogP contribution in [0, 0.1) is 6.92 Å². The minimum absolute atomic E-state index is 0.0384. The summed E-state index contributed by atoms with van der Waals surface area (Å²) in [6.07, 6.45) is -8.77. The molecule has 1 aromatic carbocycles. The van der Waals surface area contributed by atoms with Crippen molar-refractivity contribution in [2.45, 2.75) is 23.5 Å². The Hall–Kier alpha value is -3.81. The Morgan fingerprint density at radius 3 is 2.09 bits per heavy atom. The van der Waals surface area contributed by atoms with Crippen molar-refractivity contribution in [3.8, 4) is 11.3 Å². The number of benzene rings is 1. The van der Waals surface area contributed by atoms with Gasteiger partial charge in [0.1, 0.15) is 5.56 Å². The first-order chi connectivity index (χ1) is 19.9. The molecule has 3 aromatic heterocycles. The first kappa shape index (κ1) is 32.1. The molecule has 0 unspecified atom stereocenters. The van der Waals surface area contributed by atoms with Crippen LogP contribution in [0.2, 0.25) is 0 Å². The highest BCUT2D eigenvalue weighted by Crippen LogP contribution is 2.34. The van der Waals surface area contributed by atoms with Crippen molar-refractivity contribution < 1.29 is 44.7 Å². The maximum Gasteiger partial charge on any atom is 0.433 e. The van der Waals surface area contributed by atoms with Crippen LogP contribution in [0.15, 0.2) is 40.7 Å². The van der Waals surface area contributed by atoms with Gasteiger partial charge in [0, 0.05) is 31.7 Å². The standard InChI is InChI=1S/C15H7F6N3O2.C9H16N4O2S2/c16-14(17,18)8-3-1-7(2-4-8)10-5-11(15(19,20)21)24-12(23-10)9(6-22-24)13(25)26;1-7-8(16-9(10)11-7)17(14,15)13-5-3-12(2)4-6-13/h1-6H,(H,25,26);3-6H2,1-2H3,(H2,10,11). The number of anilines is 1. The summed E-state index contributed by atoms with van der Waals surface area (Å²) in [5.41, 5.74) is 2.25. The molecular formula is C24H23F6N7O4S2. The highest BCUT2D eigenvalue weighted by atomic mass is 32.2. The number of piperazine rings is 1. The molecule has 1 fully saturated rings. The number of hydrogen-bond acceptors (Lipinski definition) is 9. The fourth-order valence-electron chi connectivity index (χ4n) is 4.08. The van der Waals surface area contributed by atoms with E-state index in [2.05, 4.69) is 20.0 Å². The van der Waals surface area contributed by atoms with Crippen LogP contribution in [0.3, 0.4) is 0 Å². The lowest BCUT2D eigenvalue weighted by Crippen LogP contribution is -2.46. The molecule has 0 bridgehead atoms. The number of aromatic carboxylic acids is 1. The summed E-state index contributed by atoms with van der Waals surface area (Å²) in [5, 5.41) is 12.7. The molecule has 1 saturated heterocycles. The van der Waals surface area contributed by atoms with Gasteiger partial charge in [0.05, 0.1) is 23.1 Å². The zero-order valence-corrected chi connectivity index (χ0v) is 23.9. The second-order valence-electron chi connectivity index (χ2n) is 9.33. The molecule has 4 aromatic rings. The molecule has 0 radical (unpaired) electrons. The van der Waals surface area contributed by atoms with E-state index < -0.39 is 50.8 Å². The number of carboxylic acid groups (broad SMARTS) is 1. The van der Waals surface area contributed by atoms with E-state index >= 15 is 0 Å². The van der Waals surface area contributed by atoms with E-state index in [0.29, 0.717) is 46.6 Å². The van der Waals surface area contributed by atoms with Crippen molar-refractivity contribution in [1.82, 2.24) is 28.8 Å². The van der Waals surface area contributed by atoms with Crippen molar-refractivity contribution in [1.29, 1.82) is 0 Å². The Kier molecular flexibility index (Phi) is 8.74. The summed E-state index contributed by atoms with van der Waals surface area (Å²) in [6.45, 7) is 4.24. The van der Waals surface area contributed by atoms with E-state index in [1.54, 1.807) is 6.92 Å². The van der Waals surface area contributed by atoms with Crippen LogP contribution in [0.1, 0.15) is 27.3 Å². The highest BCUT2D eigenvalue weighted by molar-refractivity contribution is 7.91. The smallest absolute Gasteiger partial charge is 0.433 e. The summed E-state index contributed by atoms with van der Waals surface area (Å²) >= 11 is 1.04. The fourth-order valence-corrected chi connectivity index (χ4v) is 6.94. The van der Waals surface area contributed by atoms with Gasteiger partial charge in [-0.25, -0.2) is 27.7 Å². The largest absolute Gasteiger partial charge is 0.477 e. The van der Waals surface area contributed by atoms with Gasteiger partial charge in [0.15, 0.2) is 20.7 Å². The molecule has 0 atom stereocenters. The molecule has 1 aliphatic rings. The van der Waals surface area contributed by atoms with Gasteiger partial charge in [-0.05, 0) is 32.2 Å². The number of carbonyl (C=O) groups is 1. The number of nitrogens with two attached hydrogens (primary N) is 1. The number of alkyl halides is 6. The van der Waals surface area contributed by atoms with Gasteiger partial charge in [-0.1, -0.05) is 23.5 Å². The van der Waals surface area contributed by atoms with Crippen LogP contribution < -0.4 is 5.73 Å². The van der Waals surface area contributed by atoms with E-state index in [-0.39, 0.29) is 15.5 Å². The maximum atomic E-state index is 13.3. The van der Waals surface area contributed by atoms with Crippen LogP contribution >= 0.6 is 11.3 Å². The molecule has 232 valence electrons. The third-order valence-corrected chi connectivity index (χ3v) is 9.78. The van der Waals surface area contributed by atoms with E-state index in [1.807, 2.05) is 7.05 Å². The van der Waals surface area contributed by atoms with Crippen LogP contribution in [0.25, 0.3) is 16.9 Å². The summed E-state index contributed by atoms with van der Waals surface area (Å²) < 4.78 is 104. The normalized spacial score (nSPS) is 15.3. The predicted octanol–water partition coefficient (Wildman–Crippen LogP) is 4.10. The minimum Gasteiger partial charge on any atom is -0.477 e. The van der Waals surface area contributed by atoms with Gasteiger partial charge in [0.25, 0.3) is 10.0 Å². The molecule has 43 heavy (non-hydrogen) atoms. The van der Waals surface area contributed by atoms with Crippen LogP contribution in [-0.4, -0.2) is 81.5 Å². The van der Waals surface area contributed by atoms with Crippen molar-refractivity contribution in [2.24, 2.45) is 0 Å². The molecule has 1 aliphatic heterocycles. The Balaban J connectivity index is 0.000000215. The molecule has 0 spiro atoms. The SMILES string of the molecule is Cc1nc(N)sc1S(=O)(=O)N1CCN(C)CC1.O=C(O)c1cnn2c(C(F)(F)F)cc(-c3ccc(C(F)(F)F)cc3)nc12. The highest BCUT2D eigenvalue weighted by Gasteiger charge is 2.36. The van der Waals surface area contributed by atoms with Crippen molar-refractivity contribution in [2.75, 3.05) is 39.0 Å². The lowest BCUT2D eigenvalue weighted by atomic mass is 10.1. The van der Waals surface area contributed by atoms with Crippen LogP contribution in [0.4, 0.5) is 31.5 Å². The van der Waals surface area contributed by atoms with Gasteiger partial charge in [0.2, 0.25) is 0 Å². The fraction of sp³-hybridized carbons (Fsp3) is 0.333. The van der Waals surface area contributed by atoms with Gasteiger partial charge in [-0.2, -0.15) is 35.7 Å². The lowest BCUT2D eigenvalue weighted by molar-refractivity contribution is -0.142. The van der Waals surface area contributed by atoms with Crippen molar-refractivity contribution >= 4 is 38.1 Å². The van der Waals surface area contributed by atoms with Crippen LogP contribution in [0.5, 0.6) is 0 Å². The Morgan fingerprint density at radius 1 is 1.00 bits per heavy atom. The third-order valence-electron chi connectivity index (χ3n) is 6.31. The topological polar surface area (TPSA) is 147 Å². The molecule has 4 heterocycles. The van der Waals surface area contributed by atoms with E-state index in [9.17, 15) is 39.6 Å². The van der Waals surface area contributed by atoms with E-state index in [0.717, 1.165) is 42.8 Å². The van der Waals surface area contributed by atoms with Gasteiger partial charge >= 0.3 is 18.3 Å². The summed E-state index contributed by atoms with van der Waals surface area (Å²) in [6, 6.07) is 3.90. The third kappa shape index (κ3) is 6.89. The maximum absolute atomic E-state index is 13.3. The van der Waals surface area contributed by atoms with Crippen molar-refractivity contribution in [3.05, 3.63) is 59.0 Å². The summed E-state index contributed by atoms with van der Waals surface area (Å²) in [5.74, 6) is -1.54. The molecule has 5 rings (SSSR count). The minimum atomic E-state index is -4.89. The number of halogens is 6. The van der Waals surface area contributed by atoms with Gasteiger partial charge in [-0.3, -0.25) is 0 Å². The first-order valence-corrected chi connectivity index (χ1v) is 14.4. The molecule has 3 N–H and O–H groups in total. The van der Waals surface area contributed by atoms with Crippen LogP contribution in [-0.2, 0) is 22.4 Å². The summed E-state index contributed by atoms with van der Waals surface area (Å²) in [7, 11) is -1.43. The molecule has 0 saturated carbocycles. The number of hydrogen-bond donors (Lipinski definition) is 2. The molecule has 0 aliphatic carbocycles. The molecular weight excluding hydrogens is 628 g/mol.